The number of pyridine rings is 1. The van der Waals surface area contributed by atoms with Crippen molar-refractivity contribution in [1.82, 2.24) is 15.2 Å². The number of nitrogens with zero attached hydrogens (tertiary/aromatic N) is 3. The minimum absolute atomic E-state index is 0.243. The van der Waals surface area contributed by atoms with Gasteiger partial charge in [-0.2, -0.15) is 0 Å². The summed E-state index contributed by atoms with van der Waals surface area (Å²) >= 11 is 0. The van der Waals surface area contributed by atoms with Gasteiger partial charge in [-0.05, 0) is 31.5 Å². The molecule has 2 amide bonds. The van der Waals surface area contributed by atoms with E-state index in [2.05, 4.69) is 15.2 Å². The summed E-state index contributed by atoms with van der Waals surface area (Å²) in [4.78, 5) is 20.5. The predicted molar refractivity (Wildman–Crippen MR) is 96.1 cm³/mol. The maximum atomic E-state index is 13.9. The molecule has 1 N–H and O–H groups in total. The molecule has 2 heterocycles. The first-order chi connectivity index (χ1) is 12.5. The highest BCUT2D eigenvalue weighted by atomic mass is 19.1. The molecule has 1 saturated heterocycles. The van der Waals surface area contributed by atoms with Crippen molar-refractivity contribution >= 4 is 11.7 Å². The number of halogens is 2. The van der Waals surface area contributed by atoms with Crippen LogP contribution < -0.4 is 10.2 Å². The number of nitrogens with one attached hydrogen (secondary N) is 1. The number of amides is 2. The Morgan fingerprint density at radius 2 is 1.92 bits per heavy atom. The smallest absolute Gasteiger partial charge is 0.317 e. The fourth-order valence-corrected chi connectivity index (χ4v) is 3.18. The third-order valence-electron chi connectivity index (χ3n) is 4.67. The summed E-state index contributed by atoms with van der Waals surface area (Å²) in [6.07, 6.45) is 3.59. The van der Waals surface area contributed by atoms with E-state index in [0.717, 1.165) is 30.4 Å². The molecule has 2 aromatic rings. The van der Waals surface area contributed by atoms with Gasteiger partial charge in [0, 0.05) is 55.9 Å². The Balaban J connectivity index is 1.57. The Morgan fingerprint density at radius 3 is 2.58 bits per heavy atom. The first-order valence-electron chi connectivity index (χ1n) is 8.61. The van der Waals surface area contributed by atoms with E-state index >= 15 is 0 Å². The minimum atomic E-state index is -0.657. The highest BCUT2D eigenvalue weighted by Crippen LogP contribution is 2.21. The van der Waals surface area contributed by atoms with Crippen LogP contribution in [0.15, 0.2) is 36.7 Å². The van der Waals surface area contributed by atoms with Crippen molar-refractivity contribution < 1.29 is 13.6 Å². The zero-order valence-electron chi connectivity index (χ0n) is 14.9. The molecule has 5 nitrogen and oxygen atoms in total. The van der Waals surface area contributed by atoms with E-state index in [-0.39, 0.29) is 11.6 Å². The van der Waals surface area contributed by atoms with Gasteiger partial charge in [0.1, 0.15) is 11.6 Å². The summed E-state index contributed by atoms with van der Waals surface area (Å²) in [6.45, 7) is 6.29. The molecule has 0 bridgehead atoms. The summed E-state index contributed by atoms with van der Waals surface area (Å²) < 4.78 is 26.9. The quantitative estimate of drug-likeness (QED) is 0.914. The Labute approximate surface area is 151 Å². The van der Waals surface area contributed by atoms with Gasteiger partial charge in [0.15, 0.2) is 0 Å². The number of urea groups is 1. The second-order valence-corrected chi connectivity index (χ2v) is 6.47. The van der Waals surface area contributed by atoms with E-state index < -0.39 is 17.7 Å². The fourth-order valence-electron chi connectivity index (χ4n) is 3.18. The Kier molecular flexibility index (Phi) is 5.35. The maximum absolute atomic E-state index is 13.9. The molecular formula is C19H22F2N4O. The third kappa shape index (κ3) is 3.92. The second-order valence-electron chi connectivity index (χ2n) is 6.47. The Hall–Kier alpha value is -2.70. The van der Waals surface area contributed by atoms with Crippen molar-refractivity contribution in [2.45, 2.75) is 19.9 Å². The van der Waals surface area contributed by atoms with Gasteiger partial charge in [-0.1, -0.05) is 6.07 Å². The number of hydrogen-bond donors (Lipinski definition) is 1. The Morgan fingerprint density at radius 1 is 1.19 bits per heavy atom. The van der Waals surface area contributed by atoms with Gasteiger partial charge in [-0.25, -0.2) is 13.6 Å². The summed E-state index contributed by atoms with van der Waals surface area (Å²) in [5.41, 5.74) is 2.50. The van der Waals surface area contributed by atoms with Crippen LogP contribution in [0.2, 0.25) is 0 Å². The zero-order chi connectivity index (χ0) is 18.7. The highest BCUT2D eigenvalue weighted by Gasteiger charge is 2.24. The van der Waals surface area contributed by atoms with E-state index in [1.54, 1.807) is 18.0 Å². The number of piperazine rings is 1. The lowest BCUT2D eigenvalue weighted by Crippen LogP contribution is -2.52. The normalized spacial score (nSPS) is 15.7. The van der Waals surface area contributed by atoms with Crippen molar-refractivity contribution in [3.8, 4) is 0 Å². The average Bonchev–Trinajstić information content (AvgIpc) is 2.62. The Bertz CT molecular complexity index is 791. The number of carbonyl (C=O) groups excluding carboxylic acids is 1. The molecule has 0 spiro atoms. The van der Waals surface area contributed by atoms with Crippen molar-refractivity contribution in [3.63, 3.8) is 0 Å². The molecule has 1 aliphatic heterocycles. The average molecular weight is 360 g/mol. The minimum Gasteiger partial charge on any atom is -0.368 e. The van der Waals surface area contributed by atoms with Crippen molar-refractivity contribution in [3.05, 3.63) is 59.4 Å². The summed E-state index contributed by atoms with van der Waals surface area (Å²) in [7, 11) is 0. The zero-order valence-corrected chi connectivity index (χ0v) is 14.9. The SMILES string of the molecule is Cc1cnccc1N1CCN(C(=O)N[C@H](C)c2ccc(F)cc2F)CC1. The third-order valence-corrected chi connectivity index (χ3v) is 4.67. The molecule has 3 rings (SSSR count). The fraction of sp³-hybridized carbons (Fsp3) is 0.368. The molecule has 0 aliphatic carbocycles. The number of hydrogen-bond acceptors (Lipinski definition) is 3. The summed E-state index contributed by atoms with van der Waals surface area (Å²) in [5.74, 6) is -1.29. The maximum Gasteiger partial charge on any atom is 0.317 e. The van der Waals surface area contributed by atoms with Gasteiger partial charge >= 0.3 is 6.03 Å². The van der Waals surface area contributed by atoms with Crippen LogP contribution in [0.5, 0.6) is 0 Å². The van der Waals surface area contributed by atoms with Crippen molar-refractivity contribution in [2.75, 3.05) is 31.1 Å². The molecule has 1 fully saturated rings. The molecular weight excluding hydrogens is 338 g/mol. The number of aryl methyl sites for hydroxylation is 1. The molecule has 0 radical (unpaired) electrons. The molecule has 1 atom stereocenters. The molecule has 0 unspecified atom stereocenters. The van der Waals surface area contributed by atoms with E-state index in [1.165, 1.54) is 12.1 Å². The van der Waals surface area contributed by atoms with E-state index in [0.29, 0.717) is 13.1 Å². The molecule has 138 valence electrons. The van der Waals surface area contributed by atoms with Gasteiger partial charge in [-0.15, -0.1) is 0 Å². The van der Waals surface area contributed by atoms with Crippen LogP contribution in [-0.2, 0) is 0 Å². The standard InChI is InChI=1S/C19H22F2N4O/c1-13-12-22-6-5-18(13)24-7-9-25(10-8-24)19(26)23-14(2)16-4-3-15(20)11-17(16)21/h3-6,11-12,14H,7-10H2,1-2H3,(H,23,26)/t14-/m1/s1. The monoisotopic (exact) mass is 360 g/mol. The molecule has 1 aromatic heterocycles. The van der Waals surface area contributed by atoms with Crippen molar-refractivity contribution in [2.24, 2.45) is 0 Å². The summed E-state index contributed by atoms with van der Waals surface area (Å²) in [5, 5.41) is 2.79. The van der Waals surface area contributed by atoms with Gasteiger partial charge in [0.25, 0.3) is 0 Å². The lowest BCUT2D eigenvalue weighted by atomic mass is 10.1. The molecule has 7 heteroatoms. The van der Waals surface area contributed by atoms with Crippen molar-refractivity contribution in [1.29, 1.82) is 0 Å². The van der Waals surface area contributed by atoms with Crippen LogP contribution in [-0.4, -0.2) is 42.1 Å². The van der Waals surface area contributed by atoms with Crippen LogP contribution >= 0.6 is 0 Å². The topological polar surface area (TPSA) is 48.5 Å². The molecule has 26 heavy (non-hydrogen) atoms. The van der Waals surface area contributed by atoms with Crippen LogP contribution in [0.25, 0.3) is 0 Å². The lowest BCUT2D eigenvalue weighted by molar-refractivity contribution is 0.191. The number of anilines is 1. The van der Waals surface area contributed by atoms with Crippen LogP contribution in [0.4, 0.5) is 19.3 Å². The van der Waals surface area contributed by atoms with E-state index in [1.807, 2.05) is 19.2 Å². The first-order valence-corrected chi connectivity index (χ1v) is 8.61. The molecule has 0 saturated carbocycles. The second kappa shape index (κ2) is 7.68. The van der Waals surface area contributed by atoms with Crippen LogP contribution in [0, 0.1) is 18.6 Å². The van der Waals surface area contributed by atoms with E-state index in [9.17, 15) is 13.6 Å². The molecule has 1 aromatic carbocycles. The van der Waals surface area contributed by atoms with Crippen LogP contribution in [0.3, 0.4) is 0 Å². The summed E-state index contributed by atoms with van der Waals surface area (Å²) in [6, 6.07) is 4.57. The van der Waals surface area contributed by atoms with Gasteiger partial charge < -0.3 is 15.1 Å². The van der Waals surface area contributed by atoms with Crippen LogP contribution in [0.1, 0.15) is 24.1 Å². The number of rotatable bonds is 3. The highest BCUT2D eigenvalue weighted by molar-refractivity contribution is 5.75. The number of benzene rings is 1. The largest absolute Gasteiger partial charge is 0.368 e. The predicted octanol–water partition coefficient (Wildman–Crippen LogP) is 3.26. The van der Waals surface area contributed by atoms with Gasteiger partial charge in [-0.3, -0.25) is 4.98 Å². The molecule has 1 aliphatic rings. The van der Waals surface area contributed by atoms with E-state index in [4.69, 9.17) is 0 Å². The first kappa shape index (κ1) is 18.1. The van der Waals surface area contributed by atoms with Gasteiger partial charge in [0.05, 0.1) is 6.04 Å². The number of aromatic nitrogens is 1. The lowest BCUT2D eigenvalue weighted by Gasteiger charge is -2.37. The number of carbonyl (C=O) groups is 1. The van der Waals surface area contributed by atoms with Gasteiger partial charge in [0.2, 0.25) is 0 Å².